The molecule has 2 rings (SSSR count). The molecule has 3 unspecified atom stereocenters. The van der Waals surface area contributed by atoms with Crippen molar-refractivity contribution in [2.75, 3.05) is 19.8 Å². The van der Waals surface area contributed by atoms with Gasteiger partial charge in [-0.25, -0.2) is 0 Å². The number of amides is 2. The second kappa shape index (κ2) is 6.37. The minimum atomic E-state index is -0.331. The lowest BCUT2D eigenvalue weighted by Gasteiger charge is -2.39. The zero-order chi connectivity index (χ0) is 13.8. The zero-order valence-corrected chi connectivity index (χ0v) is 11.9. The summed E-state index contributed by atoms with van der Waals surface area (Å²) in [7, 11) is 0. The third-order valence-corrected chi connectivity index (χ3v) is 4.02. The van der Waals surface area contributed by atoms with Crippen LogP contribution in [0.1, 0.15) is 39.5 Å². The van der Waals surface area contributed by atoms with Gasteiger partial charge in [-0.15, -0.1) is 0 Å². The van der Waals surface area contributed by atoms with Crippen molar-refractivity contribution in [3.05, 3.63) is 0 Å². The standard InChI is InChI=1S/C14H24N2O3/c1-3-5-11-14(18)16(8-10-6-7-19-9-10)12(4-2)13(17)15-11/h10-12H,3-9H2,1-2H3,(H,15,17). The van der Waals surface area contributed by atoms with Crippen molar-refractivity contribution < 1.29 is 14.3 Å². The Labute approximate surface area is 114 Å². The topological polar surface area (TPSA) is 58.6 Å². The second-order valence-electron chi connectivity index (χ2n) is 5.49. The number of carbonyl (C=O) groups excluding carboxylic acids is 2. The lowest BCUT2D eigenvalue weighted by Crippen LogP contribution is -2.63. The zero-order valence-electron chi connectivity index (χ0n) is 11.9. The van der Waals surface area contributed by atoms with Crippen LogP contribution in [0.5, 0.6) is 0 Å². The van der Waals surface area contributed by atoms with Crippen LogP contribution < -0.4 is 5.32 Å². The first-order chi connectivity index (χ1) is 9.17. The van der Waals surface area contributed by atoms with Gasteiger partial charge in [0, 0.05) is 19.1 Å². The summed E-state index contributed by atoms with van der Waals surface area (Å²) in [5, 5.41) is 2.86. The van der Waals surface area contributed by atoms with Gasteiger partial charge in [-0.05, 0) is 19.3 Å². The molecule has 1 N–H and O–H groups in total. The number of nitrogens with one attached hydrogen (secondary N) is 1. The van der Waals surface area contributed by atoms with Crippen molar-refractivity contribution >= 4 is 11.8 Å². The molecule has 0 spiro atoms. The van der Waals surface area contributed by atoms with E-state index in [9.17, 15) is 9.59 Å². The van der Waals surface area contributed by atoms with E-state index in [1.807, 2.05) is 13.8 Å². The molecule has 0 aliphatic carbocycles. The Morgan fingerprint density at radius 1 is 1.37 bits per heavy atom. The van der Waals surface area contributed by atoms with Gasteiger partial charge >= 0.3 is 0 Å². The minimum absolute atomic E-state index is 0.000495. The number of piperazine rings is 1. The number of ether oxygens (including phenoxy) is 1. The van der Waals surface area contributed by atoms with Crippen molar-refractivity contribution in [3.8, 4) is 0 Å². The molecule has 2 aliphatic rings. The second-order valence-corrected chi connectivity index (χ2v) is 5.49. The highest BCUT2D eigenvalue weighted by Crippen LogP contribution is 2.21. The van der Waals surface area contributed by atoms with E-state index in [1.54, 1.807) is 4.90 Å². The van der Waals surface area contributed by atoms with Gasteiger partial charge in [0.1, 0.15) is 12.1 Å². The molecule has 2 heterocycles. The molecule has 19 heavy (non-hydrogen) atoms. The first kappa shape index (κ1) is 14.3. The van der Waals surface area contributed by atoms with E-state index in [0.29, 0.717) is 25.5 Å². The largest absolute Gasteiger partial charge is 0.381 e. The van der Waals surface area contributed by atoms with Crippen molar-refractivity contribution in [1.82, 2.24) is 10.2 Å². The molecule has 0 radical (unpaired) electrons. The predicted octanol–water partition coefficient (Wildman–Crippen LogP) is 0.929. The summed E-state index contributed by atoms with van der Waals surface area (Å²) in [5.74, 6) is 0.464. The molecule has 5 nitrogen and oxygen atoms in total. The SMILES string of the molecule is CCCC1NC(=O)C(CC)N(CC2CCOC2)C1=O. The first-order valence-electron chi connectivity index (χ1n) is 7.36. The van der Waals surface area contributed by atoms with Crippen LogP contribution in [0.25, 0.3) is 0 Å². The Kier molecular flexibility index (Phi) is 4.80. The normalized spacial score (nSPS) is 31.7. The van der Waals surface area contributed by atoms with Gasteiger partial charge in [0.25, 0.3) is 0 Å². The maximum atomic E-state index is 12.5. The van der Waals surface area contributed by atoms with Gasteiger partial charge in [-0.2, -0.15) is 0 Å². The van der Waals surface area contributed by atoms with E-state index in [-0.39, 0.29) is 23.9 Å². The van der Waals surface area contributed by atoms with Crippen LogP contribution in [0.3, 0.4) is 0 Å². The summed E-state index contributed by atoms with van der Waals surface area (Å²) in [4.78, 5) is 26.4. The third-order valence-electron chi connectivity index (χ3n) is 4.02. The highest BCUT2D eigenvalue weighted by Gasteiger charge is 2.40. The van der Waals surface area contributed by atoms with Gasteiger partial charge in [0.2, 0.25) is 11.8 Å². The Hall–Kier alpha value is -1.10. The summed E-state index contributed by atoms with van der Waals surface area (Å²) < 4.78 is 5.37. The molecule has 2 saturated heterocycles. The maximum Gasteiger partial charge on any atom is 0.245 e. The van der Waals surface area contributed by atoms with Crippen LogP contribution in [0.2, 0.25) is 0 Å². The summed E-state index contributed by atoms with van der Waals surface area (Å²) in [5.41, 5.74) is 0. The van der Waals surface area contributed by atoms with Crippen molar-refractivity contribution in [2.24, 2.45) is 5.92 Å². The van der Waals surface area contributed by atoms with E-state index >= 15 is 0 Å². The van der Waals surface area contributed by atoms with Crippen LogP contribution >= 0.6 is 0 Å². The molecule has 0 aromatic rings. The number of rotatable bonds is 5. The summed E-state index contributed by atoms with van der Waals surface area (Å²) >= 11 is 0. The third kappa shape index (κ3) is 3.08. The average Bonchev–Trinajstić information content (AvgIpc) is 2.89. The quantitative estimate of drug-likeness (QED) is 0.807. The molecule has 108 valence electrons. The molecule has 0 saturated carbocycles. The first-order valence-corrected chi connectivity index (χ1v) is 7.36. The molecule has 0 aromatic carbocycles. The monoisotopic (exact) mass is 268 g/mol. The lowest BCUT2D eigenvalue weighted by atomic mass is 9.99. The van der Waals surface area contributed by atoms with E-state index in [2.05, 4.69) is 5.32 Å². The van der Waals surface area contributed by atoms with Gasteiger partial charge < -0.3 is 15.0 Å². The van der Waals surface area contributed by atoms with Crippen molar-refractivity contribution in [3.63, 3.8) is 0 Å². The van der Waals surface area contributed by atoms with Crippen LogP contribution in [-0.4, -0.2) is 48.6 Å². The Morgan fingerprint density at radius 3 is 2.74 bits per heavy atom. The fourth-order valence-corrected chi connectivity index (χ4v) is 2.94. The average molecular weight is 268 g/mol. The molecule has 0 bridgehead atoms. The summed E-state index contributed by atoms with van der Waals surface area (Å²) in [6.45, 7) is 6.12. The van der Waals surface area contributed by atoms with E-state index in [4.69, 9.17) is 4.74 Å². The molecular formula is C14H24N2O3. The molecule has 5 heteroatoms. The van der Waals surface area contributed by atoms with E-state index in [1.165, 1.54) is 0 Å². The molecule has 3 atom stereocenters. The summed E-state index contributed by atoms with van der Waals surface area (Å²) in [6, 6.07) is -0.635. The number of hydrogen-bond donors (Lipinski definition) is 1. The predicted molar refractivity (Wildman–Crippen MR) is 71.6 cm³/mol. The highest BCUT2D eigenvalue weighted by molar-refractivity contribution is 5.96. The lowest BCUT2D eigenvalue weighted by molar-refractivity contribution is -0.150. The van der Waals surface area contributed by atoms with Gasteiger partial charge in [-0.1, -0.05) is 20.3 Å². The Bertz CT molecular complexity index is 340. The van der Waals surface area contributed by atoms with Crippen LogP contribution in [0.15, 0.2) is 0 Å². The number of carbonyl (C=O) groups is 2. The summed E-state index contributed by atoms with van der Waals surface area (Å²) in [6.07, 6.45) is 3.27. The number of nitrogens with zero attached hydrogens (tertiary/aromatic N) is 1. The Balaban J connectivity index is 2.08. The fraction of sp³-hybridized carbons (Fsp3) is 0.857. The van der Waals surface area contributed by atoms with Gasteiger partial charge in [0.05, 0.1) is 6.61 Å². The highest BCUT2D eigenvalue weighted by atomic mass is 16.5. The molecule has 2 fully saturated rings. The van der Waals surface area contributed by atoms with Crippen LogP contribution in [0, 0.1) is 5.92 Å². The maximum absolute atomic E-state index is 12.5. The Morgan fingerprint density at radius 2 is 2.16 bits per heavy atom. The van der Waals surface area contributed by atoms with Crippen molar-refractivity contribution in [1.29, 1.82) is 0 Å². The molecule has 2 amide bonds. The fourth-order valence-electron chi connectivity index (χ4n) is 2.94. The molecular weight excluding hydrogens is 244 g/mol. The van der Waals surface area contributed by atoms with Gasteiger partial charge in [0.15, 0.2) is 0 Å². The van der Waals surface area contributed by atoms with Crippen LogP contribution in [0.4, 0.5) is 0 Å². The molecule has 2 aliphatic heterocycles. The van der Waals surface area contributed by atoms with Crippen LogP contribution in [-0.2, 0) is 14.3 Å². The smallest absolute Gasteiger partial charge is 0.245 e. The van der Waals surface area contributed by atoms with E-state index < -0.39 is 0 Å². The molecule has 0 aromatic heterocycles. The van der Waals surface area contributed by atoms with E-state index in [0.717, 1.165) is 25.9 Å². The minimum Gasteiger partial charge on any atom is -0.381 e. The number of hydrogen-bond acceptors (Lipinski definition) is 3. The van der Waals surface area contributed by atoms with Gasteiger partial charge in [-0.3, -0.25) is 9.59 Å². The van der Waals surface area contributed by atoms with Crippen molar-refractivity contribution in [2.45, 2.75) is 51.6 Å².